The molecule has 0 fully saturated rings. The third-order valence-corrected chi connectivity index (χ3v) is 5.68. The zero-order chi connectivity index (χ0) is 21.5. The Morgan fingerprint density at radius 1 is 0.867 bits per heavy atom. The zero-order valence-electron chi connectivity index (χ0n) is 19.1. The number of amidine groups is 1. The number of unbranched alkanes of at least 4 members (excludes halogenated alkanes) is 1. The van der Waals surface area contributed by atoms with Crippen LogP contribution in [0.5, 0.6) is 0 Å². The van der Waals surface area contributed by atoms with Gasteiger partial charge in [-0.1, -0.05) is 74.0 Å². The fourth-order valence-electron chi connectivity index (χ4n) is 4.35. The van der Waals surface area contributed by atoms with E-state index in [9.17, 15) is 0 Å². The minimum absolute atomic E-state index is 0.157. The van der Waals surface area contributed by atoms with Crippen LogP contribution in [0, 0.1) is 0 Å². The monoisotopic (exact) mass is 404 g/mol. The van der Waals surface area contributed by atoms with E-state index < -0.39 is 0 Å². The predicted octanol–water partition coefficient (Wildman–Crippen LogP) is 5.34. The highest BCUT2D eigenvalue weighted by Gasteiger charge is 2.31. The Morgan fingerprint density at radius 2 is 1.47 bits per heavy atom. The number of nitrogens with zero attached hydrogens (tertiary/aromatic N) is 4. The SMILES string of the molecule is CCCCC1=NC=C(C(c2ccccc2)N(C)C)CN1C(c1ccccc1)N(C)C. The molecular formula is C26H36N4. The Bertz CT molecular complexity index is 840. The number of rotatable bonds is 9. The molecule has 2 unspecified atom stereocenters. The van der Waals surface area contributed by atoms with Crippen LogP contribution >= 0.6 is 0 Å². The first-order valence-electron chi connectivity index (χ1n) is 11.0. The van der Waals surface area contributed by atoms with Gasteiger partial charge in [-0.2, -0.15) is 0 Å². The smallest absolute Gasteiger partial charge is 0.109 e. The van der Waals surface area contributed by atoms with Crippen LogP contribution in [0.25, 0.3) is 0 Å². The molecule has 0 saturated carbocycles. The second kappa shape index (κ2) is 10.6. The van der Waals surface area contributed by atoms with Crippen LogP contribution < -0.4 is 0 Å². The highest BCUT2D eigenvalue weighted by atomic mass is 15.4. The first-order valence-corrected chi connectivity index (χ1v) is 11.0. The fourth-order valence-corrected chi connectivity index (χ4v) is 4.35. The van der Waals surface area contributed by atoms with Gasteiger partial charge in [0.15, 0.2) is 0 Å². The van der Waals surface area contributed by atoms with Gasteiger partial charge in [0.1, 0.15) is 12.0 Å². The molecule has 2 aromatic rings. The molecule has 0 aromatic heterocycles. The van der Waals surface area contributed by atoms with Crippen molar-refractivity contribution in [1.82, 2.24) is 14.7 Å². The molecule has 3 rings (SSSR count). The van der Waals surface area contributed by atoms with Gasteiger partial charge < -0.3 is 4.90 Å². The molecule has 0 saturated heterocycles. The molecule has 0 aliphatic carbocycles. The van der Waals surface area contributed by atoms with Crippen molar-refractivity contribution in [2.24, 2.45) is 4.99 Å². The standard InChI is InChI=1S/C26H36N4/c1-6-7-18-24-27-19-23(25(28(2)3)21-14-10-8-11-15-21)20-30(24)26(29(4)5)22-16-12-9-13-17-22/h8-17,19,25-26H,6-7,18,20H2,1-5H3. The molecule has 30 heavy (non-hydrogen) atoms. The summed E-state index contributed by atoms with van der Waals surface area (Å²) in [5, 5.41) is 0. The van der Waals surface area contributed by atoms with Gasteiger partial charge in [-0.3, -0.25) is 9.80 Å². The molecule has 4 heteroatoms. The third-order valence-electron chi connectivity index (χ3n) is 5.68. The summed E-state index contributed by atoms with van der Waals surface area (Å²) in [6.45, 7) is 3.12. The van der Waals surface area contributed by atoms with Gasteiger partial charge in [-0.25, -0.2) is 4.99 Å². The van der Waals surface area contributed by atoms with Crippen molar-refractivity contribution >= 4 is 5.84 Å². The molecule has 1 aliphatic rings. The van der Waals surface area contributed by atoms with E-state index in [-0.39, 0.29) is 12.2 Å². The summed E-state index contributed by atoms with van der Waals surface area (Å²) in [7, 11) is 8.63. The topological polar surface area (TPSA) is 22.1 Å². The number of likely N-dealkylation sites (N-methyl/N-ethyl adjacent to an activating group) is 1. The Labute approximate surface area is 182 Å². The summed E-state index contributed by atoms with van der Waals surface area (Å²) >= 11 is 0. The molecule has 0 spiro atoms. The van der Waals surface area contributed by atoms with Gasteiger partial charge in [-0.15, -0.1) is 0 Å². The third kappa shape index (κ3) is 5.18. The number of aliphatic imine (C=N–C) groups is 1. The average Bonchev–Trinajstić information content (AvgIpc) is 2.74. The zero-order valence-corrected chi connectivity index (χ0v) is 19.1. The average molecular weight is 405 g/mol. The number of hydrogen-bond donors (Lipinski definition) is 0. The normalized spacial score (nSPS) is 16.4. The summed E-state index contributed by atoms with van der Waals surface area (Å²) in [6.07, 6.45) is 5.62. The summed E-state index contributed by atoms with van der Waals surface area (Å²) in [6, 6.07) is 21.7. The Balaban J connectivity index is 2.00. The quantitative estimate of drug-likeness (QED) is 0.563. The molecule has 2 aromatic carbocycles. The summed E-state index contributed by atoms with van der Waals surface area (Å²) in [5.41, 5.74) is 3.94. The van der Waals surface area contributed by atoms with E-state index in [1.165, 1.54) is 29.0 Å². The predicted molar refractivity (Wildman–Crippen MR) is 127 cm³/mol. The van der Waals surface area contributed by atoms with E-state index in [4.69, 9.17) is 4.99 Å². The first kappa shape index (κ1) is 22.3. The van der Waals surface area contributed by atoms with Gasteiger partial charge in [0.05, 0.1) is 6.04 Å². The Hall–Kier alpha value is -2.43. The molecule has 160 valence electrons. The van der Waals surface area contributed by atoms with Crippen LogP contribution in [0.15, 0.2) is 77.4 Å². The maximum absolute atomic E-state index is 5.01. The lowest BCUT2D eigenvalue weighted by atomic mass is 9.96. The lowest BCUT2D eigenvalue weighted by molar-refractivity contribution is 0.144. The van der Waals surface area contributed by atoms with Crippen molar-refractivity contribution in [3.63, 3.8) is 0 Å². The van der Waals surface area contributed by atoms with Crippen molar-refractivity contribution in [1.29, 1.82) is 0 Å². The number of benzene rings is 2. The highest BCUT2D eigenvalue weighted by molar-refractivity contribution is 5.84. The van der Waals surface area contributed by atoms with Crippen molar-refractivity contribution in [3.05, 3.63) is 83.6 Å². The van der Waals surface area contributed by atoms with Gasteiger partial charge >= 0.3 is 0 Å². The van der Waals surface area contributed by atoms with Crippen molar-refractivity contribution in [3.8, 4) is 0 Å². The van der Waals surface area contributed by atoms with Gasteiger partial charge in [0.25, 0.3) is 0 Å². The number of hydrogen-bond acceptors (Lipinski definition) is 4. The van der Waals surface area contributed by atoms with Crippen LogP contribution in [0.3, 0.4) is 0 Å². The first-order chi connectivity index (χ1) is 14.5. The molecule has 0 bridgehead atoms. The summed E-state index contributed by atoms with van der Waals surface area (Å²) < 4.78 is 0. The minimum atomic E-state index is 0.157. The van der Waals surface area contributed by atoms with E-state index in [1.807, 2.05) is 0 Å². The fraction of sp³-hybridized carbons (Fsp3) is 0.423. The summed E-state index contributed by atoms with van der Waals surface area (Å²) in [4.78, 5) is 12.1. The van der Waals surface area contributed by atoms with Crippen LogP contribution in [0.2, 0.25) is 0 Å². The van der Waals surface area contributed by atoms with E-state index in [1.54, 1.807) is 0 Å². The lowest BCUT2D eigenvalue weighted by Gasteiger charge is -2.42. The maximum Gasteiger partial charge on any atom is 0.109 e. The highest BCUT2D eigenvalue weighted by Crippen LogP contribution is 2.33. The molecule has 1 aliphatic heterocycles. The minimum Gasteiger partial charge on any atom is -0.336 e. The molecule has 0 radical (unpaired) electrons. The molecule has 0 amide bonds. The van der Waals surface area contributed by atoms with Crippen LogP contribution in [0.4, 0.5) is 0 Å². The summed E-state index contributed by atoms with van der Waals surface area (Å²) in [5.74, 6) is 1.19. The maximum atomic E-state index is 5.01. The van der Waals surface area contributed by atoms with Gasteiger partial charge in [-0.05, 0) is 51.3 Å². The van der Waals surface area contributed by atoms with Gasteiger partial charge in [0, 0.05) is 19.2 Å². The Kier molecular flexibility index (Phi) is 7.83. The van der Waals surface area contributed by atoms with Crippen LogP contribution in [-0.4, -0.2) is 55.3 Å². The van der Waals surface area contributed by atoms with E-state index in [0.717, 1.165) is 19.4 Å². The van der Waals surface area contributed by atoms with E-state index >= 15 is 0 Å². The molecular weight excluding hydrogens is 368 g/mol. The lowest BCUT2D eigenvalue weighted by Crippen LogP contribution is -2.45. The molecule has 4 nitrogen and oxygen atoms in total. The Morgan fingerprint density at radius 3 is 2.00 bits per heavy atom. The van der Waals surface area contributed by atoms with Crippen LogP contribution in [-0.2, 0) is 0 Å². The largest absolute Gasteiger partial charge is 0.336 e. The van der Waals surface area contributed by atoms with Crippen molar-refractivity contribution in [2.75, 3.05) is 34.7 Å². The van der Waals surface area contributed by atoms with Crippen molar-refractivity contribution < 1.29 is 0 Å². The second-order valence-corrected chi connectivity index (χ2v) is 8.51. The molecule has 0 N–H and O–H groups in total. The molecule has 1 heterocycles. The van der Waals surface area contributed by atoms with Crippen molar-refractivity contribution in [2.45, 2.75) is 38.4 Å². The molecule has 2 atom stereocenters. The van der Waals surface area contributed by atoms with E-state index in [0.29, 0.717) is 0 Å². The van der Waals surface area contributed by atoms with E-state index in [2.05, 4.69) is 117 Å². The van der Waals surface area contributed by atoms with Gasteiger partial charge in [0.2, 0.25) is 0 Å². The second-order valence-electron chi connectivity index (χ2n) is 8.51. The van der Waals surface area contributed by atoms with Crippen LogP contribution in [0.1, 0.15) is 49.5 Å².